The predicted molar refractivity (Wildman–Crippen MR) is 110 cm³/mol. The average Bonchev–Trinajstić information content (AvgIpc) is 2.67. The fourth-order valence-corrected chi connectivity index (χ4v) is 2.94. The molecule has 4 nitrogen and oxygen atoms in total. The Morgan fingerprint density at radius 1 is 0.963 bits per heavy atom. The van der Waals surface area contributed by atoms with E-state index in [1.54, 1.807) is 29.3 Å². The van der Waals surface area contributed by atoms with Gasteiger partial charge in [0.1, 0.15) is 0 Å². The van der Waals surface area contributed by atoms with Gasteiger partial charge in [-0.15, -0.1) is 0 Å². The zero-order valence-electron chi connectivity index (χ0n) is 14.6. The number of nitrogens with one attached hydrogen (secondary N) is 1. The van der Waals surface area contributed by atoms with Crippen molar-refractivity contribution in [3.05, 3.63) is 94.2 Å². The van der Waals surface area contributed by atoms with Crippen molar-refractivity contribution in [3.8, 4) is 0 Å². The molecule has 1 aromatic heterocycles. The van der Waals surface area contributed by atoms with Crippen molar-refractivity contribution < 1.29 is 4.79 Å². The van der Waals surface area contributed by atoms with Crippen molar-refractivity contribution in [3.63, 3.8) is 0 Å². The Kier molecular flexibility index (Phi) is 6.69. The molecule has 3 rings (SSSR count). The second kappa shape index (κ2) is 9.40. The zero-order valence-corrected chi connectivity index (χ0v) is 16.1. The molecule has 0 aliphatic heterocycles. The number of nitrogens with zero attached hydrogens (tertiary/aromatic N) is 2. The molecule has 1 heterocycles. The van der Waals surface area contributed by atoms with Crippen LogP contribution in [0.15, 0.2) is 72.9 Å². The molecule has 0 saturated heterocycles. The summed E-state index contributed by atoms with van der Waals surface area (Å²) < 4.78 is 0. The van der Waals surface area contributed by atoms with Crippen LogP contribution in [-0.4, -0.2) is 22.5 Å². The van der Waals surface area contributed by atoms with Crippen LogP contribution >= 0.6 is 23.2 Å². The smallest absolute Gasteiger partial charge is 0.320 e. The van der Waals surface area contributed by atoms with Gasteiger partial charge in [0.2, 0.25) is 0 Å². The number of carbonyl (C=O) groups is 1. The number of rotatable bonds is 6. The lowest BCUT2D eigenvalue weighted by Gasteiger charge is -2.23. The molecule has 0 bridgehead atoms. The number of benzene rings is 2. The lowest BCUT2D eigenvalue weighted by Crippen LogP contribution is -2.36. The molecule has 0 saturated carbocycles. The third-order valence-electron chi connectivity index (χ3n) is 4.01. The minimum Gasteiger partial charge on any atom is -0.320 e. The normalized spacial score (nSPS) is 10.4. The second-order valence-electron chi connectivity index (χ2n) is 6.06. The minimum absolute atomic E-state index is 0.192. The van der Waals surface area contributed by atoms with Crippen LogP contribution in [0.2, 0.25) is 10.0 Å². The van der Waals surface area contributed by atoms with Gasteiger partial charge >= 0.3 is 6.03 Å². The quantitative estimate of drug-likeness (QED) is 0.580. The first-order valence-corrected chi connectivity index (χ1v) is 9.31. The van der Waals surface area contributed by atoms with Crippen LogP contribution in [0.3, 0.4) is 0 Å². The molecule has 138 valence electrons. The lowest BCUT2D eigenvalue weighted by molar-refractivity contribution is 0.209. The van der Waals surface area contributed by atoms with Crippen LogP contribution in [0.1, 0.15) is 11.3 Å². The summed E-state index contributed by atoms with van der Waals surface area (Å²) in [5.41, 5.74) is 2.60. The van der Waals surface area contributed by atoms with Crippen LogP contribution in [-0.2, 0) is 13.0 Å². The van der Waals surface area contributed by atoms with E-state index in [2.05, 4.69) is 10.3 Å². The molecule has 2 aromatic carbocycles. The van der Waals surface area contributed by atoms with Gasteiger partial charge < -0.3 is 10.2 Å². The second-order valence-corrected chi connectivity index (χ2v) is 6.93. The fourth-order valence-electron chi connectivity index (χ4n) is 2.63. The Morgan fingerprint density at radius 3 is 2.48 bits per heavy atom. The Balaban J connectivity index is 1.72. The molecule has 0 atom stereocenters. The van der Waals surface area contributed by atoms with E-state index >= 15 is 0 Å². The van der Waals surface area contributed by atoms with Crippen molar-refractivity contribution in [1.82, 2.24) is 9.88 Å². The molecule has 0 fully saturated rings. The fraction of sp³-hybridized carbons (Fsp3) is 0.143. The van der Waals surface area contributed by atoms with Gasteiger partial charge in [-0.3, -0.25) is 4.98 Å². The van der Waals surface area contributed by atoms with Crippen LogP contribution in [0.5, 0.6) is 0 Å². The number of aromatic nitrogens is 1. The van der Waals surface area contributed by atoms with Gasteiger partial charge in [0.05, 0.1) is 0 Å². The number of amides is 2. The number of carbonyl (C=O) groups excluding carboxylic acids is 1. The van der Waals surface area contributed by atoms with E-state index < -0.39 is 0 Å². The average molecular weight is 400 g/mol. The van der Waals surface area contributed by atoms with E-state index in [1.165, 1.54) is 0 Å². The number of anilines is 1. The molecule has 1 N–H and O–H groups in total. The summed E-state index contributed by atoms with van der Waals surface area (Å²) in [4.78, 5) is 18.9. The SMILES string of the molecule is O=C(Nc1cccc(Cl)c1)N(CCc1ccccn1)Cc1ccc(Cl)cc1. The highest BCUT2D eigenvalue weighted by molar-refractivity contribution is 6.31. The molecule has 0 aliphatic rings. The largest absolute Gasteiger partial charge is 0.322 e. The van der Waals surface area contributed by atoms with Crippen molar-refractivity contribution in [2.45, 2.75) is 13.0 Å². The number of urea groups is 1. The molecule has 3 aromatic rings. The summed E-state index contributed by atoms with van der Waals surface area (Å²) in [6.45, 7) is 1.00. The first kappa shape index (κ1) is 19.2. The maximum absolute atomic E-state index is 12.8. The third-order valence-corrected chi connectivity index (χ3v) is 4.50. The molecule has 0 aliphatic carbocycles. The van der Waals surface area contributed by atoms with E-state index in [4.69, 9.17) is 23.2 Å². The minimum atomic E-state index is -0.192. The highest BCUT2D eigenvalue weighted by Gasteiger charge is 2.15. The van der Waals surface area contributed by atoms with E-state index in [1.807, 2.05) is 48.5 Å². The van der Waals surface area contributed by atoms with Crippen LogP contribution in [0, 0.1) is 0 Å². The summed E-state index contributed by atoms with van der Waals surface area (Å²) in [7, 11) is 0. The van der Waals surface area contributed by atoms with E-state index in [0.717, 1.165) is 11.3 Å². The van der Waals surface area contributed by atoms with Crippen molar-refractivity contribution in [2.75, 3.05) is 11.9 Å². The standard InChI is InChI=1S/C21H19Cl2N3O/c22-17-9-7-16(8-10-17)15-26(13-11-19-5-1-2-12-24-19)21(27)25-20-6-3-4-18(23)14-20/h1-10,12,14H,11,13,15H2,(H,25,27). The molecule has 0 unspecified atom stereocenters. The molecule has 2 amide bonds. The number of pyridine rings is 1. The Bertz CT molecular complexity index is 885. The molecule has 0 spiro atoms. The van der Waals surface area contributed by atoms with Gasteiger partial charge in [-0.1, -0.05) is 47.5 Å². The number of halogens is 2. The zero-order chi connectivity index (χ0) is 19.1. The monoisotopic (exact) mass is 399 g/mol. The van der Waals surface area contributed by atoms with Gasteiger partial charge in [0.25, 0.3) is 0 Å². The van der Waals surface area contributed by atoms with Crippen molar-refractivity contribution in [1.29, 1.82) is 0 Å². The maximum Gasteiger partial charge on any atom is 0.322 e. The summed E-state index contributed by atoms with van der Waals surface area (Å²) in [6.07, 6.45) is 2.42. The van der Waals surface area contributed by atoms with Gasteiger partial charge in [-0.05, 0) is 48.0 Å². The molecular weight excluding hydrogens is 381 g/mol. The van der Waals surface area contributed by atoms with Crippen molar-refractivity contribution in [2.24, 2.45) is 0 Å². The van der Waals surface area contributed by atoms with Crippen LogP contribution < -0.4 is 5.32 Å². The topological polar surface area (TPSA) is 45.2 Å². The van der Waals surface area contributed by atoms with E-state index in [9.17, 15) is 4.79 Å². The van der Waals surface area contributed by atoms with Gasteiger partial charge in [0, 0.05) is 47.1 Å². The van der Waals surface area contributed by atoms with Gasteiger partial charge in [-0.2, -0.15) is 0 Å². The first-order valence-electron chi connectivity index (χ1n) is 8.56. The third kappa shape index (κ3) is 5.98. The van der Waals surface area contributed by atoms with Crippen LogP contribution in [0.25, 0.3) is 0 Å². The van der Waals surface area contributed by atoms with Gasteiger partial charge in [-0.25, -0.2) is 4.79 Å². The summed E-state index contributed by atoms with van der Waals surface area (Å²) in [6, 6.07) is 20.2. The first-order chi connectivity index (χ1) is 13.1. The summed E-state index contributed by atoms with van der Waals surface area (Å²) >= 11 is 12.0. The molecule has 0 radical (unpaired) electrons. The summed E-state index contributed by atoms with van der Waals surface area (Å²) in [5, 5.41) is 4.15. The predicted octanol–water partition coefficient (Wildman–Crippen LogP) is 5.67. The summed E-state index contributed by atoms with van der Waals surface area (Å²) in [5.74, 6) is 0. The Labute approximate surface area is 168 Å². The molecular formula is C21H19Cl2N3O. The molecule has 27 heavy (non-hydrogen) atoms. The van der Waals surface area contributed by atoms with Crippen LogP contribution in [0.4, 0.5) is 10.5 Å². The van der Waals surface area contributed by atoms with Crippen molar-refractivity contribution >= 4 is 34.9 Å². The highest BCUT2D eigenvalue weighted by atomic mass is 35.5. The lowest BCUT2D eigenvalue weighted by atomic mass is 10.2. The van der Waals surface area contributed by atoms with E-state index in [-0.39, 0.29) is 6.03 Å². The highest BCUT2D eigenvalue weighted by Crippen LogP contribution is 2.17. The molecule has 6 heteroatoms. The van der Waals surface area contributed by atoms with E-state index in [0.29, 0.717) is 35.2 Å². The maximum atomic E-state index is 12.8. The van der Waals surface area contributed by atoms with Gasteiger partial charge in [0.15, 0.2) is 0 Å². The number of hydrogen-bond acceptors (Lipinski definition) is 2. The Hall–Kier alpha value is -2.56. The Morgan fingerprint density at radius 2 is 1.78 bits per heavy atom. The number of hydrogen-bond donors (Lipinski definition) is 1.